The maximum absolute atomic E-state index is 13.8. The molecule has 0 spiro atoms. The smallest absolute Gasteiger partial charge is 0.333 e. The number of carboxylic acid groups (broad SMARTS) is 1. The molecule has 0 amide bonds. The van der Waals surface area contributed by atoms with E-state index in [1.165, 1.54) is 13.2 Å². The molecule has 0 saturated carbocycles. The fourth-order valence-electron chi connectivity index (χ4n) is 1.98. The Morgan fingerprint density at radius 3 is 2.53 bits per heavy atom. The van der Waals surface area contributed by atoms with E-state index in [1.807, 2.05) is 6.92 Å². The monoisotopic (exact) mass is 240 g/mol. The van der Waals surface area contributed by atoms with Crippen molar-refractivity contribution in [2.45, 2.75) is 32.3 Å². The fraction of sp³-hybridized carbons (Fsp3) is 0.462. The lowest BCUT2D eigenvalue weighted by atomic mass is 9.78. The van der Waals surface area contributed by atoms with E-state index in [-0.39, 0.29) is 0 Å². The number of rotatable bonds is 4. The summed E-state index contributed by atoms with van der Waals surface area (Å²) < 4.78 is 18.7. The van der Waals surface area contributed by atoms with E-state index in [4.69, 9.17) is 9.84 Å². The van der Waals surface area contributed by atoms with Crippen LogP contribution in [0.3, 0.4) is 0 Å². The van der Waals surface area contributed by atoms with Crippen molar-refractivity contribution >= 4 is 5.97 Å². The Labute approximate surface area is 100 Å². The van der Waals surface area contributed by atoms with Gasteiger partial charge in [0.15, 0.2) is 6.10 Å². The van der Waals surface area contributed by atoms with Crippen molar-refractivity contribution in [3.63, 3.8) is 0 Å². The lowest BCUT2D eigenvalue weighted by Gasteiger charge is -2.31. The molecule has 0 bridgehead atoms. The number of methoxy groups -OCH3 is 1. The van der Waals surface area contributed by atoms with Crippen LogP contribution in [0, 0.1) is 12.7 Å². The number of benzene rings is 1. The van der Waals surface area contributed by atoms with Crippen LogP contribution in [-0.2, 0) is 14.9 Å². The number of halogens is 1. The van der Waals surface area contributed by atoms with E-state index in [0.29, 0.717) is 5.56 Å². The second-order valence-electron chi connectivity index (χ2n) is 4.66. The molecule has 1 aromatic carbocycles. The van der Waals surface area contributed by atoms with Gasteiger partial charge in [-0.25, -0.2) is 9.18 Å². The molecule has 17 heavy (non-hydrogen) atoms. The zero-order valence-corrected chi connectivity index (χ0v) is 10.5. The van der Waals surface area contributed by atoms with Gasteiger partial charge in [-0.2, -0.15) is 0 Å². The minimum Gasteiger partial charge on any atom is -0.479 e. The molecule has 0 aromatic heterocycles. The number of aryl methyl sites for hydroxylation is 1. The molecule has 1 N–H and O–H groups in total. The number of carboxylic acids is 1. The number of hydrogen-bond acceptors (Lipinski definition) is 2. The van der Waals surface area contributed by atoms with Crippen LogP contribution in [0.25, 0.3) is 0 Å². The summed E-state index contributed by atoms with van der Waals surface area (Å²) >= 11 is 0. The molecule has 3 nitrogen and oxygen atoms in total. The lowest BCUT2D eigenvalue weighted by Crippen LogP contribution is -2.42. The van der Waals surface area contributed by atoms with Crippen LogP contribution in [0.1, 0.15) is 25.0 Å². The zero-order chi connectivity index (χ0) is 13.2. The first-order valence-corrected chi connectivity index (χ1v) is 5.33. The van der Waals surface area contributed by atoms with Crippen molar-refractivity contribution in [2.24, 2.45) is 0 Å². The minimum atomic E-state index is -1.10. The average Bonchev–Trinajstić information content (AvgIpc) is 2.21. The molecule has 0 saturated heterocycles. The first-order chi connectivity index (χ1) is 7.80. The topological polar surface area (TPSA) is 46.5 Å². The second kappa shape index (κ2) is 4.84. The van der Waals surface area contributed by atoms with Crippen molar-refractivity contribution in [3.8, 4) is 0 Å². The van der Waals surface area contributed by atoms with Gasteiger partial charge in [0.25, 0.3) is 0 Å². The first-order valence-electron chi connectivity index (χ1n) is 5.33. The van der Waals surface area contributed by atoms with Gasteiger partial charge in [-0.3, -0.25) is 0 Å². The Hall–Kier alpha value is -1.42. The first kappa shape index (κ1) is 13.6. The third-order valence-corrected chi connectivity index (χ3v) is 2.93. The van der Waals surface area contributed by atoms with Crippen LogP contribution < -0.4 is 0 Å². The highest BCUT2D eigenvalue weighted by Crippen LogP contribution is 2.31. The van der Waals surface area contributed by atoms with Crippen molar-refractivity contribution < 1.29 is 19.0 Å². The minimum absolute atomic E-state index is 0.353. The van der Waals surface area contributed by atoms with E-state index >= 15 is 0 Å². The second-order valence-corrected chi connectivity index (χ2v) is 4.66. The molecule has 0 radical (unpaired) electrons. The van der Waals surface area contributed by atoms with Gasteiger partial charge in [0.1, 0.15) is 5.82 Å². The van der Waals surface area contributed by atoms with Gasteiger partial charge >= 0.3 is 5.97 Å². The third kappa shape index (κ3) is 2.64. The number of ether oxygens (including phenoxy) is 1. The highest BCUT2D eigenvalue weighted by molar-refractivity contribution is 5.74. The van der Waals surface area contributed by atoms with E-state index in [9.17, 15) is 9.18 Å². The molecule has 0 aliphatic rings. The van der Waals surface area contributed by atoms with Crippen LogP contribution in [-0.4, -0.2) is 24.3 Å². The maximum atomic E-state index is 13.8. The third-order valence-electron chi connectivity index (χ3n) is 2.93. The Morgan fingerprint density at radius 2 is 2.06 bits per heavy atom. The zero-order valence-electron chi connectivity index (χ0n) is 10.5. The summed E-state index contributed by atoms with van der Waals surface area (Å²) in [6.45, 7) is 5.15. The Balaban J connectivity index is 3.28. The van der Waals surface area contributed by atoms with E-state index in [0.717, 1.165) is 5.56 Å². The number of carbonyl (C=O) groups is 1. The molecule has 0 aliphatic carbocycles. The van der Waals surface area contributed by atoms with Crippen molar-refractivity contribution in [1.82, 2.24) is 0 Å². The van der Waals surface area contributed by atoms with Crippen LogP contribution >= 0.6 is 0 Å². The summed E-state index contributed by atoms with van der Waals surface area (Å²) in [5, 5.41) is 9.08. The largest absolute Gasteiger partial charge is 0.479 e. The van der Waals surface area contributed by atoms with Crippen LogP contribution in [0.15, 0.2) is 18.2 Å². The summed E-state index contributed by atoms with van der Waals surface area (Å²) in [4.78, 5) is 11.1. The maximum Gasteiger partial charge on any atom is 0.333 e. The summed E-state index contributed by atoms with van der Waals surface area (Å²) in [5.41, 5.74) is 0.304. The van der Waals surface area contributed by atoms with Gasteiger partial charge in [0, 0.05) is 12.5 Å². The molecule has 94 valence electrons. The normalized spacial score (nSPS) is 13.5. The lowest BCUT2D eigenvalue weighted by molar-refractivity contribution is -0.152. The van der Waals surface area contributed by atoms with Crippen molar-refractivity contribution in [1.29, 1.82) is 0 Å². The predicted molar refractivity (Wildman–Crippen MR) is 62.6 cm³/mol. The van der Waals surface area contributed by atoms with Gasteiger partial charge in [0.05, 0.1) is 0 Å². The van der Waals surface area contributed by atoms with E-state index < -0.39 is 23.3 Å². The van der Waals surface area contributed by atoms with Crippen molar-refractivity contribution in [2.75, 3.05) is 7.11 Å². The summed E-state index contributed by atoms with van der Waals surface area (Å²) in [7, 11) is 1.31. The standard InChI is InChI=1S/C13H17FO3/c1-8-5-6-10(14)9(7-8)13(2,3)11(17-4)12(15)16/h5-7,11H,1-4H3,(H,15,16). The molecule has 1 aromatic rings. The highest BCUT2D eigenvalue weighted by Gasteiger charge is 2.38. The Morgan fingerprint density at radius 1 is 1.47 bits per heavy atom. The van der Waals surface area contributed by atoms with Gasteiger partial charge in [0.2, 0.25) is 0 Å². The summed E-state index contributed by atoms with van der Waals surface area (Å²) in [6.07, 6.45) is -1.08. The molecule has 4 heteroatoms. The van der Waals surface area contributed by atoms with Crippen molar-refractivity contribution in [3.05, 3.63) is 35.1 Å². The van der Waals surface area contributed by atoms with E-state index in [1.54, 1.807) is 26.0 Å². The van der Waals surface area contributed by atoms with Crippen LogP contribution in [0.2, 0.25) is 0 Å². The molecule has 1 unspecified atom stereocenters. The van der Waals surface area contributed by atoms with Gasteiger partial charge in [-0.1, -0.05) is 31.5 Å². The van der Waals surface area contributed by atoms with Gasteiger partial charge in [-0.15, -0.1) is 0 Å². The molecule has 0 heterocycles. The molecule has 0 aliphatic heterocycles. The summed E-state index contributed by atoms with van der Waals surface area (Å²) in [6, 6.07) is 4.66. The van der Waals surface area contributed by atoms with E-state index in [2.05, 4.69) is 0 Å². The SMILES string of the molecule is COC(C(=O)O)C(C)(C)c1cc(C)ccc1F. The van der Waals surface area contributed by atoms with Crippen LogP contribution in [0.5, 0.6) is 0 Å². The Bertz CT molecular complexity index is 427. The molecule has 1 rings (SSSR count). The highest BCUT2D eigenvalue weighted by atomic mass is 19.1. The quantitative estimate of drug-likeness (QED) is 0.879. The number of hydrogen-bond donors (Lipinski definition) is 1. The average molecular weight is 240 g/mol. The summed E-state index contributed by atoms with van der Waals surface area (Å²) in [5.74, 6) is -1.51. The molecular formula is C13H17FO3. The number of aliphatic carboxylic acids is 1. The van der Waals surface area contributed by atoms with Gasteiger partial charge < -0.3 is 9.84 Å². The molecule has 0 fully saturated rings. The molecule has 1 atom stereocenters. The van der Waals surface area contributed by atoms with Gasteiger partial charge in [-0.05, 0) is 18.6 Å². The predicted octanol–water partition coefficient (Wildman–Crippen LogP) is 2.51. The van der Waals surface area contributed by atoms with Crippen LogP contribution in [0.4, 0.5) is 4.39 Å². The fourth-order valence-corrected chi connectivity index (χ4v) is 1.98. The Kier molecular flexibility index (Phi) is 3.88. The molecular weight excluding hydrogens is 223 g/mol.